The van der Waals surface area contributed by atoms with E-state index in [0.29, 0.717) is 26.4 Å². The molecule has 0 radical (unpaired) electrons. The van der Waals surface area contributed by atoms with E-state index in [9.17, 15) is 4.79 Å². The third kappa shape index (κ3) is 8.30. The van der Waals surface area contributed by atoms with Gasteiger partial charge in [0.05, 0.1) is 13.2 Å². The van der Waals surface area contributed by atoms with Gasteiger partial charge in [0.2, 0.25) is 0 Å². The van der Waals surface area contributed by atoms with Crippen LogP contribution >= 0.6 is 0 Å². The Balaban J connectivity index is 1.16. The van der Waals surface area contributed by atoms with Gasteiger partial charge in [-0.25, -0.2) is 9.78 Å². The summed E-state index contributed by atoms with van der Waals surface area (Å²) in [6.07, 6.45) is 6.89. The molecule has 1 saturated heterocycles. The normalized spacial score (nSPS) is 13.7. The quantitative estimate of drug-likeness (QED) is 0.386. The van der Waals surface area contributed by atoms with Crippen LogP contribution in [0.1, 0.15) is 36.8 Å². The lowest BCUT2D eigenvalue weighted by molar-refractivity contribution is 0.0889. The van der Waals surface area contributed by atoms with Crippen LogP contribution in [0.4, 0.5) is 16.3 Å². The highest BCUT2D eigenvalue weighted by Gasteiger charge is 2.11. The molecular formula is C28H34N4O3. The Labute approximate surface area is 207 Å². The number of anilines is 2. The number of amides is 2. The number of hydrogen-bond acceptors (Lipinski definition) is 5. The van der Waals surface area contributed by atoms with Crippen LogP contribution < -0.4 is 20.3 Å². The molecule has 2 aromatic carbocycles. The highest BCUT2D eigenvalue weighted by molar-refractivity contribution is 5.89. The first kappa shape index (κ1) is 24.5. The molecule has 1 fully saturated rings. The van der Waals surface area contributed by atoms with Crippen LogP contribution in [0.5, 0.6) is 5.75 Å². The van der Waals surface area contributed by atoms with Crippen molar-refractivity contribution in [3.8, 4) is 5.75 Å². The number of ether oxygens (including phenoxy) is 2. The van der Waals surface area contributed by atoms with Crippen molar-refractivity contribution in [2.45, 2.75) is 38.8 Å². The number of rotatable bonds is 10. The molecule has 4 rings (SSSR count). The van der Waals surface area contributed by atoms with Crippen LogP contribution in [-0.2, 0) is 17.9 Å². The van der Waals surface area contributed by atoms with E-state index in [4.69, 9.17) is 9.47 Å². The first-order valence-corrected chi connectivity index (χ1v) is 12.4. The van der Waals surface area contributed by atoms with Gasteiger partial charge in [-0.15, -0.1) is 0 Å². The van der Waals surface area contributed by atoms with Gasteiger partial charge in [-0.2, -0.15) is 0 Å². The number of carbonyl (C=O) groups excluding carboxylic acids is 1. The molecule has 3 aromatic rings. The van der Waals surface area contributed by atoms with E-state index < -0.39 is 0 Å². The maximum absolute atomic E-state index is 12.4. The zero-order valence-corrected chi connectivity index (χ0v) is 20.1. The molecule has 0 bridgehead atoms. The zero-order chi connectivity index (χ0) is 24.1. The molecule has 0 aliphatic carbocycles. The maximum Gasteiger partial charge on any atom is 0.319 e. The van der Waals surface area contributed by atoms with Gasteiger partial charge in [0.25, 0.3) is 0 Å². The summed E-state index contributed by atoms with van der Waals surface area (Å²) in [5.74, 6) is 1.85. The number of para-hydroxylation sites is 1. The average molecular weight is 475 g/mol. The summed E-state index contributed by atoms with van der Waals surface area (Å²) in [5, 5.41) is 5.79. The topological polar surface area (TPSA) is 75.7 Å². The second kappa shape index (κ2) is 13.3. The summed E-state index contributed by atoms with van der Waals surface area (Å²) in [5.41, 5.74) is 2.67. The molecule has 0 atom stereocenters. The molecule has 1 aliphatic rings. The number of carbonyl (C=O) groups is 1. The summed E-state index contributed by atoms with van der Waals surface area (Å²) in [6, 6.07) is 21.1. The summed E-state index contributed by atoms with van der Waals surface area (Å²) >= 11 is 0. The summed E-state index contributed by atoms with van der Waals surface area (Å²) in [6.45, 7) is 3.97. The number of benzene rings is 2. The van der Waals surface area contributed by atoms with Crippen LogP contribution in [0.15, 0.2) is 72.9 Å². The summed E-state index contributed by atoms with van der Waals surface area (Å²) in [4.78, 5) is 19.3. The van der Waals surface area contributed by atoms with E-state index in [1.54, 1.807) is 0 Å². The SMILES string of the molecule is O=C(NCc1ccc(N2CCCCCC2)nc1)Nc1cccc(COCCOc2ccccc2)c1. The second-order valence-corrected chi connectivity index (χ2v) is 8.65. The monoisotopic (exact) mass is 474 g/mol. The van der Waals surface area contributed by atoms with Crippen molar-refractivity contribution in [3.63, 3.8) is 0 Å². The Hall–Kier alpha value is -3.58. The first-order chi connectivity index (χ1) is 17.3. The Morgan fingerprint density at radius 1 is 0.886 bits per heavy atom. The molecule has 2 N–H and O–H groups in total. The lowest BCUT2D eigenvalue weighted by Crippen LogP contribution is -2.28. The van der Waals surface area contributed by atoms with E-state index in [0.717, 1.165) is 41.5 Å². The van der Waals surface area contributed by atoms with Crippen LogP contribution in [-0.4, -0.2) is 37.3 Å². The molecule has 0 spiro atoms. The van der Waals surface area contributed by atoms with Crippen molar-refractivity contribution in [2.24, 2.45) is 0 Å². The van der Waals surface area contributed by atoms with Crippen molar-refractivity contribution >= 4 is 17.5 Å². The Kier molecular flexibility index (Phi) is 9.36. The minimum absolute atomic E-state index is 0.254. The minimum Gasteiger partial charge on any atom is -0.491 e. The van der Waals surface area contributed by atoms with Gasteiger partial charge in [-0.3, -0.25) is 0 Å². The summed E-state index contributed by atoms with van der Waals surface area (Å²) in [7, 11) is 0. The predicted molar refractivity (Wildman–Crippen MR) is 139 cm³/mol. The Morgan fingerprint density at radius 3 is 2.49 bits per heavy atom. The van der Waals surface area contributed by atoms with Gasteiger partial charge in [-0.05, 0) is 54.3 Å². The van der Waals surface area contributed by atoms with Crippen molar-refractivity contribution in [1.82, 2.24) is 10.3 Å². The molecule has 35 heavy (non-hydrogen) atoms. The van der Waals surface area contributed by atoms with Crippen molar-refractivity contribution in [1.29, 1.82) is 0 Å². The molecule has 184 valence electrons. The minimum atomic E-state index is -0.254. The van der Waals surface area contributed by atoms with Gasteiger partial charge in [0.1, 0.15) is 18.2 Å². The molecule has 0 saturated carbocycles. The van der Waals surface area contributed by atoms with Gasteiger partial charge in [-0.1, -0.05) is 49.2 Å². The van der Waals surface area contributed by atoms with Crippen LogP contribution in [0.2, 0.25) is 0 Å². The molecule has 2 amide bonds. The van der Waals surface area contributed by atoms with Crippen LogP contribution in [0.25, 0.3) is 0 Å². The van der Waals surface area contributed by atoms with E-state index >= 15 is 0 Å². The van der Waals surface area contributed by atoms with Crippen molar-refractivity contribution < 1.29 is 14.3 Å². The van der Waals surface area contributed by atoms with E-state index in [1.165, 1.54) is 25.7 Å². The highest BCUT2D eigenvalue weighted by Crippen LogP contribution is 2.17. The fourth-order valence-electron chi connectivity index (χ4n) is 4.03. The highest BCUT2D eigenvalue weighted by atomic mass is 16.5. The average Bonchev–Trinajstić information content (AvgIpc) is 3.18. The number of hydrogen-bond donors (Lipinski definition) is 2. The number of aromatic nitrogens is 1. The van der Waals surface area contributed by atoms with Gasteiger partial charge in [0.15, 0.2) is 0 Å². The third-order valence-electron chi connectivity index (χ3n) is 5.89. The molecule has 2 heterocycles. The second-order valence-electron chi connectivity index (χ2n) is 8.65. The Bertz CT molecular complexity index is 1040. The molecule has 7 heteroatoms. The molecule has 1 aromatic heterocycles. The lowest BCUT2D eigenvalue weighted by atomic mass is 10.2. The Morgan fingerprint density at radius 2 is 1.71 bits per heavy atom. The lowest BCUT2D eigenvalue weighted by Gasteiger charge is -2.21. The number of pyridine rings is 1. The van der Waals surface area contributed by atoms with Crippen molar-refractivity contribution in [3.05, 3.63) is 84.1 Å². The molecular weight excluding hydrogens is 440 g/mol. The largest absolute Gasteiger partial charge is 0.491 e. The molecule has 1 aliphatic heterocycles. The summed E-state index contributed by atoms with van der Waals surface area (Å²) < 4.78 is 11.3. The van der Waals surface area contributed by atoms with E-state index in [-0.39, 0.29) is 6.03 Å². The van der Waals surface area contributed by atoms with E-state index in [1.807, 2.05) is 66.9 Å². The molecule has 0 unspecified atom stereocenters. The van der Waals surface area contributed by atoms with Gasteiger partial charge >= 0.3 is 6.03 Å². The zero-order valence-electron chi connectivity index (χ0n) is 20.1. The van der Waals surface area contributed by atoms with Gasteiger partial charge < -0.3 is 25.0 Å². The van der Waals surface area contributed by atoms with Crippen LogP contribution in [0.3, 0.4) is 0 Å². The third-order valence-corrected chi connectivity index (χ3v) is 5.89. The van der Waals surface area contributed by atoms with Crippen molar-refractivity contribution in [2.75, 3.05) is 36.5 Å². The number of nitrogens with zero attached hydrogens (tertiary/aromatic N) is 2. The van der Waals surface area contributed by atoms with Gasteiger partial charge in [0, 0.05) is 31.5 Å². The number of urea groups is 1. The smallest absolute Gasteiger partial charge is 0.319 e. The fourth-order valence-corrected chi connectivity index (χ4v) is 4.03. The standard InChI is InChI=1S/C28H34N4O3/c33-28(30-21-24-13-14-27(29-20-24)32-15-6-1-2-7-16-32)31-25-10-8-9-23(19-25)22-34-17-18-35-26-11-4-3-5-12-26/h3-5,8-14,19-20H,1-2,6-7,15-18,21-22H2,(H2,30,31,33). The maximum atomic E-state index is 12.4. The fraction of sp³-hybridized carbons (Fsp3) is 0.357. The molecule has 7 nitrogen and oxygen atoms in total. The predicted octanol–water partition coefficient (Wildman–Crippen LogP) is 5.38. The van der Waals surface area contributed by atoms with Crippen LogP contribution in [0, 0.1) is 0 Å². The number of nitrogens with one attached hydrogen (secondary N) is 2. The first-order valence-electron chi connectivity index (χ1n) is 12.4. The van der Waals surface area contributed by atoms with E-state index in [2.05, 4.69) is 26.6 Å².